The number of anilines is 2. The van der Waals surface area contributed by atoms with Gasteiger partial charge in [0.15, 0.2) is 5.82 Å². The first kappa shape index (κ1) is 16.5. The molecular formula is C19H19FN6. The molecule has 6 nitrogen and oxygen atoms in total. The van der Waals surface area contributed by atoms with E-state index in [1.54, 1.807) is 24.8 Å². The van der Waals surface area contributed by atoms with E-state index in [2.05, 4.69) is 30.2 Å². The smallest absolute Gasteiger partial charge is 0.228 e. The van der Waals surface area contributed by atoms with Crippen molar-refractivity contribution in [2.45, 2.75) is 25.4 Å². The van der Waals surface area contributed by atoms with E-state index in [-0.39, 0.29) is 11.9 Å². The summed E-state index contributed by atoms with van der Waals surface area (Å²) in [5.41, 5.74) is 2.08. The fourth-order valence-electron chi connectivity index (χ4n) is 3.27. The third-order valence-corrected chi connectivity index (χ3v) is 4.48. The zero-order chi connectivity index (χ0) is 17.8. The van der Waals surface area contributed by atoms with E-state index in [1.165, 1.54) is 12.1 Å². The van der Waals surface area contributed by atoms with Crippen LogP contribution in [0.5, 0.6) is 0 Å². The van der Waals surface area contributed by atoms with Crippen LogP contribution in [0.1, 0.15) is 30.1 Å². The normalized spacial score (nSPS) is 17.3. The van der Waals surface area contributed by atoms with Crippen LogP contribution in [0.25, 0.3) is 0 Å². The van der Waals surface area contributed by atoms with Crippen molar-refractivity contribution < 1.29 is 4.39 Å². The van der Waals surface area contributed by atoms with Crippen LogP contribution in [0.15, 0.2) is 55.1 Å². The highest BCUT2D eigenvalue weighted by Gasteiger charge is 2.27. The molecule has 7 heteroatoms. The zero-order valence-corrected chi connectivity index (χ0v) is 14.2. The van der Waals surface area contributed by atoms with E-state index in [9.17, 15) is 4.39 Å². The average molecular weight is 350 g/mol. The summed E-state index contributed by atoms with van der Waals surface area (Å²) in [7, 11) is 0. The maximum absolute atomic E-state index is 13.1. The lowest BCUT2D eigenvalue weighted by Gasteiger charge is -2.24. The van der Waals surface area contributed by atoms with Crippen LogP contribution >= 0.6 is 0 Å². The van der Waals surface area contributed by atoms with Crippen molar-refractivity contribution in [1.29, 1.82) is 0 Å². The van der Waals surface area contributed by atoms with Gasteiger partial charge >= 0.3 is 0 Å². The summed E-state index contributed by atoms with van der Waals surface area (Å²) in [4.78, 5) is 19.5. The monoisotopic (exact) mass is 350 g/mol. The second-order valence-electron chi connectivity index (χ2n) is 6.28. The molecule has 0 radical (unpaired) electrons. The van der Waals surface area contributed by atoms with Gasteiger partial charge in [-0.15, -0.1) is 0 Å². The van der Waals surface area contributed by atoms with Crippen molar-refractivity contribution in [3.05, 3.63) is 72.2 Å². The Balaban J connectivity index is 1.50. The standard InChI is InChI=1S/C19H19FN6/c20-15-5-3-14(4-6-15)13-26-11-1-2-17(26)16-7-8-23-19(24-16)25-18-12-21-9-10-22-18/h3-10,12,17H,1-2,11,13H2,(H,22,23,24,25)/t17-/m1/s1. The summed E-state index contributed by atoms with van der Waals surface area (Å²) >= 11 is 0. The number of hydrogen-bond acceptors (Lipinski definition) is 6. The minimum atomic E-state index is -0.206. The number of hydrogen-bond donors (Lipinski definition) is 1. The molecule has 26 heavy (non-hydrogen) atoms. The second kappa shape index (κ2) is 7.53. The molecule has 1 aliphatic heterocycles. The summed E-state index contributed by atoms with van der Waals surface area (Å²) < 4.78 is 13.1. The Morgan fingerprint density at radius 2 is 1.96 bits per heavy atom. The molecule has 0 bridgehead atoms. The summed E-state index contributed by atoms with van der Waals surface area (Å²) in [6, 6.07) is 8.88. The molecule has 2 aromatic heterocycles. The number of rotatable bonds is 5. The van der Waals surface area contributed by atoms with Crippen LogP contribution in [0.2, 0.25) is 0 Å². The van der Waals surface area contributed by atoms with Gasteiger partial charge in [-0.25, -0.2) is 19.3 Å². The number of aromatic nitrogens is 4. The molecule has 1 aromatic carbocycles. The molecule has 3 heterocycles. The minimum absolute atomic E-state index is 0.206. The molecule has 3 aromatic rings. The van der Waals surface area contributed by atoms with Gasteiger partial charge in [-0.2, -0.15) is 0 Å². The van der Waals surface area contributed by atoms with E-state index >= 15 is 0 Å². The third-order valence-electron chi connectivity index (χ3n) is 4.48. The van der Waals surface area contributed by atoms with E-state index in [0.29, 0.717) is 11.8 Å². The fraction of sp³-hybridized carbons (Fsp3) is 0.263. The number of benzene rings is 1. The summed E-state index contributed by atoms with van der Waals surface area (Å²) in [5, 5.41) is 3.08. The Labute approximate surface area is 151 Å². The van der Waals surface area contributed by atoms with Gasteiger partial charge in [0.25, 0.3) is 0 Å². The first-order valence-corrected chi connectivity index (χ1v) is 8.62. The van der Waals surface area contributed by atoms with Crippen LogP contribution in [-0.4, -0.2) is 31.4 Å². The van der Waals surface area contributed by atoms with Crippen molar-refractivity contribution in [2.75, 3.05) is 11.9 Å². The molecular weight excluding hydrogens is 331 g/mol. The lowest BCUT2D eigenvalue weighted by atomic mass is 10.1. The van der Waals surface area contributed by atoms with Crippen molar-refractivity contribution in [3.63, 3.8) is 0 Å². The predicted molar refractivity (Wildman–Crippen MR) is 96.1 cm³/mol. The van der Waals surface area contributed by atoms with Crippen molar-refractivity contribution in [2.24, 2.45) is 0 Å². The Hall–Kier alpha value is -2.93. The lowest BCUT2D eigenvalue weighted by molar-refractivity contribution is 0.244. The van der Waals surface area contributed by atoms with Crippen molar-refractivity contribution in [3.8, 4) is 0 Å². The topological polar surface area (TPSA) is 66.8 Å². The van der Waals surface area contributed by atoms with Gasteiger partial charge in [-0.05, 0) is 43.1 Å². The van der Waals surface area contributed by atoms with Gasteiger partial charge in [-0.3, -0.25) is 9.88 Å². The molecule has 1 atom stereocenters. The van der Waals surface area contributed by atoms with Crippen molar-refractivity contribution >= 4 is 11.8 Å². The fourth-order valence-corrected chi connectivity index (χ4v) is 3.27. The van der Waals surface area contributed by atoms with E-state index in [1.807, 2.05) is 18.2 Å². The van der Waals surface area contributed by atoms with Crippen LogP contribution in [0.3, 0.4) is 0 Å². The van der Waals surface area contributed by atoms with Gasteiger partial charge < -0.3 is 5.32 Å². The van der Waals surface area contributed by atoms with Gasteiger partial charge in [0.05, 0.1) is 17.9 Å². The average Bonchev–Trinajstić information content (AvgIpc) is 3.13. The molecule has 4 rings (SSSR count). The highest BCUT2D eigenvalue weighted by Crippen LogP contribution is 2.32. The molecule has 1 N–H and O–H groups in total. The van der Waals surface area contributed by atoms with E-state index in [4.69, 9.17) is 0 Å². The predicted octanol–water partition coefficient (Wildman–Crippen LogP) is 3.49. The van der Waals surface area contributed by atoms with Gasteiger partial charge in [0.2, 0.25) is 5.95 Å². The van der Waals surface area contributed by atoms with Crippen LogP contribution in [0, 0.1) is 5.82 Å². The van der Waals surface area contributed by atoms with Crippen LogP contribution in [-0.2, 0) is 6.54 Å². The molecule has 0 aliphatic carbocycles. The molecule has 1 aliphatic rings. The number of likely N-dealkylation sites (tertiary alicyclic amines) is 1. The number of halogens is 1. The largest absolute Gasteiger partial charge is 0.307 e. The maximum Gasteiger partial charge on any atom is 0.228 e. The quantitative estimate of drug-likeness (QED) is 0.760. The Morgan fingerprint density at radius 1 is 1.08 bits per heavy atom. The Bertz CT molecular complexity index is 855. The molecule has 0 amide bonds. The number of nitrogens with one attached hydrogen (secondary N) is 1. The second-order valence-corrected chi connectivity index (χ2v) is 6.28. The Kier molecular flexibility index (Phi) is 4.79. The maximum atomic E-state index is 13.1. The SMILES string of the molecule is Fc1ccc(CN2CCC[C@@H]2c2ccnc(Nc3cnccn3)n2)cc1. The van der Waals surface area contributed by atoms with Gasteiger partial charge in [-0.1, -0.05) is 12.1 Å². The molecule has 0 spiro atoms. The zero-order valence-electron chi connectivity index (χ0n) is 14.2. The highest BCUT2D eigenvalue weighted by atomic mass is 19.1. The summed E-state index contributed by atoms with van der Waals surface area (Å²) in [6.45, 7) is 1.78. The molecule has 132 valence electrons. The van der Waals surface area contributed by atoms with E-state index < -0.39 is 0 Å². The van der Waals surface area contributed by atoms with Gasteiger partial charge in [0, 0.05) is 25.1 Å². The molecule has 0 unspecified atom stereocenters. The molecule has 1 fully saturated rings. The van der Waals surface area contributed by atoms with Gasteiger partial charge in [0.1, 0.15) is 5.82 Å². The Morgan fingerprint density at radius 3 is 2.77 bits per heavy atom. The molecule has 1 saturated heterocycles. The van der Waals surface area contributed by atoms with Crippen LogP contribution in [0.4, 0.5) is 16.2 Å². The highest BCUT2D eigenvalue weighted by molar-refractivity contribution is 5.45. The first-order chi connectivity index (χ1) is 12.8. The lowest BCUT2D eigenvalue weighted by Crippen LogP contribution is -2.23. The summed E-state index contributed by atoms with van der Waals surface area (Å²) in [5.74, 6) is 0.915. The summed E-state index contributed by atoms with van der Waals surface area (Å²) in [6.07, 6.45) is 8.79. The van der Waals surface area contributed by atoms with E-state index in [0.717, 1.165) is 37.2 Å². The van der Waals surface area contributed by atoms with Crippen molar-refractivity contribution in [1.82, 2.24) is 24.8 Å². The third kappa shape index (κ3) is 3.83. The number of nitrogens with zero attached hydrogens (tertiary/aromatic N) is 5. The first-order valence-electron chi connectivity index (χ1n) is 8.62. The van der Waals surface area contributed by atoms with Crippen LogP contribution < -0.4 is 5.32 Å². The molecule has 0 saturated carbocycles. The minimum Gasteiger partial charge on any atom is -0.307 e.